The molecule has 0 bridgehead atoms. The van der Waals surface area contributed by atoms with Crippen LogP contribution in [0.25, 0.3) is 0 Å². The van der Waals surface area contributed by atoms with E-state index in [0.29, 0.717) is 27.6 Å². The van der Waals surface area contributed by atoms with Crippen LogP contribution in [0.1, 0.15) is 36.0 Å². The smallest absolute Gasteiger partial charge is 0.373 e. The van der Waals surface area contributed by atoms with Gasteiger partial charge in [-0.3, -0.25) is 4.99 Å². The Bertz CT molecular complexity index is 1200. The number of fused-ring (bicyclic) bond motifs is 3. The molecule has 2 atom stereocenters. The first-order valence-corrected chi connectivity index (χ1v) is 10.00. The zero-order valence-corrected chi connectivity index (χ0v) is 17.3. The highest BCUT2D eigenvalue weighted by Gasteiger charge is 2.42. The van der Waals surface area contributed by atoms with E-state index in [1.54, 1.807) is 43.5 Å². The van der Waals surface area contributed by atoms with Gasteiger partial charge >= 0.3 is 5.97 Å². The summed E-state index contributed by atoms with van der Waals surface area (Å²) >= 11 is 6.25. The Morgan fingerprint density at radius 1 is 1.29 bits per heavy atom. The van der Waals surface area contributed by atoms with Crippen molar-refractivity contribution in [3.05, 3.63) is 81.8 Å². The molecule has 2 aliphatic rings. The number of carboxylic acids is 2. The van der Waals surface area contributed by atoms with Crippen LogP contribution in [0.15, 0.2) is 59.2 Å². The fraction of sp³-hybridized carbons (Fsp3) is 0.217. The molecule has 0 radical (unpaired) electrons. The fourth-order valence-corrected chi connectivity index (χ4v) is 4.42. The van der Waals surface area contributed by atoms with E-state index < -0.39 is 30.2 Å². The Morgan fingerprint density at radius 2 is 2.03 bits per heavy atom. The predicted molar refractivity (Wildman–Crippen MR) is 111 cm³/mol. The number of benzene rings is 2. The van der Waals surface area contributed by atoms with Gasteiger partial charge in [0.15, 0.2) is 11.9 Å². The Hall–Kier alpha value is -3.32. The summed E-state index contributed by atoms with van der Waals surface area (Å²) in [5.41, 5.74) is 3.71. The van der Waals surface area contributed by atoms with Crippen LogP contribution in [0.5, 0.6) is 0 Å². The van der Waals surface area contributed by atoms with Crippen molar-refractivity contribution in [3.63, 3.8) is 0 Å². The van der Waals surface area contributed by atoms with Crippen molar-refractivity contribution in [3.8, 4) is 0 Å². The number of halogens is 2. The average Bonchev–Trinajstić information content (AvgIpc) is 2.94. The summed E-state index contributed by atoms with van der Waals surface area (Å²) in [5.74, 6) is -3.44. The van der Waals surface area contributed by atoms with Gasteiger partial charge in [0.05, 0.1) is 24.6 Å². The molecule has 4 rings (SSSR count). The first-order valence-electron chi connectivity index (χ1n) is 9.62. The maximum atomic E-state index is 14.6. The van der Waals surface area contributed by atoms with Crippen LogP contribution in [0.3, 0.4) is 0 Å². The standard InChI is InChI=1S/C23H18ClFN2O4/c1-12-21-13(11-27(12)19(23(30)31)9-20(28)29)10-26-22(16-4-2-3-5-18(16)25)17-8-14(24)6-7-15(17)21/h2-8,11,19,21H,9-10H2,1H3,(H-,28,29,30,31). The van der Waals surface area contributed by atoms with Crippen molar-refractivity contribution in [2.24, 2.45) is 4.99 Å². The molecule has 0 spiro atoms. The SMILES string of the molecule is CC1=[N+](C(CC(=O)[O-])C(=O)O)C=C2CN=C(c3ccccc3F)c3cc(Cl)ccc3C21. The summed E-state index contributed by atoms with van der Waals surface area (Å²) < 4.78 is 16.0. The minimum absolute atomic E-state index is 0.201. The first kappa shape index (κ1) is 20.9. The Balaban J connectivity index is 1.88. The summed E-state index contributed by atoms with van der Waals surface area (Å²) in [6.07, 6.45) is 0.980. The number of aliphatic carboxylic acids is 2. The topological polar surface area (TPSA) is 92.8 Å². The van der Waals surface area contributed by atoms with Gasteiger partial charge in [0.2, 0.25) is 0 Å². The van der Waals surface area contributed by atoms with Gasteiger partial charge in [-0.1, -0.05) is 29.8 Å². The van der Waals surface area contributed by atoms with E-state index in [1.165, 1.54) is 10.6 Å². The molecule has 158 valence electrons. The van der Waals surface area contributed by atoms with E-state index in [1.807, 2.05) is 6.07 Å². The van der Waals surface area contributed by atoms with Crippen LogP contribution in [0, 0.1) is 5.82 Å². The highest BCUT2D eigenvalue weighted by atomic mass is 35.5. The van der Waals surface area contributed by atoms with E-state index in [2.05, 4.69) is 4.99 Å². The quantitative estimate of drug-likeness (QED) is 0.722. The number of carbonyl (C=O) groups excluding carboxylic acids is 1. The second kappa shape index (κ2) is 8.07. The van der Waals surface area contributed by atoms with Crippen molar-refractivity contribution in [2.45, 2.75) is 25.3 Å². The lowest BCUT2D eigenvalue weighted by molar-refractivity contribution is -0.488. The molecule has 1 N–H and O–H groups in total. The maximum Gasteiger partial charge on any atom is 0.373 e. The summed E-state index contributed by atoms with van der Waals surface area (Å²) in [6.45, 7) is 1.96. The molecule has 8 heteroatoms. The van der Waals surface area contributed by atoms with Crippen molar-refractivity contribution in [1.82, 2.24) is 0 Å². The molecule has 0 fully saturated rings. The van der Waals surface area contributed by atoms with Gasteiger partial charge in [-0.05, 0) is 29.8 Å². The second-order valence-corrected chi connectivity index (χ2v) is 7.93. The monoisotopic (exact) mass is 440 g/mol. The van der Waals surface area contributed by atoms with E-state index in [-0.39, 0.29) is 12.5 Å². The number of aliphatic imine (C=N–C) groups is 1. The molecule has 2 aliphatic heterocycles. The van der Waals surface area contributed by atoms with E-state index in [0.717, 1.165) is 11.1 Å². The van der Waals surface area contributed by atoms with Crippen LogP contribution in [-0.2, 0) is 9.59 Å². The molecule has 31 heavy (non-hydrogen) atoms. The Morgan fingerprint density at radius 3 is 2.71 bits per heavy atom. The molecular weight excluding hydrogens is 423 g/mol. The summed E-state index contributed by atoms with van der Waals surface area (Å²) in [4.78, 5) is 27.5. The van der Waals surface area contributed by atoms with Gasteiger partial charge in [-0.25, -0.2) is 9.18 Å². The van der Waals surface area contributed by atoms with Gasteiger partial charge in [0.1, 0.15) is 5.82 Å². The molecule has 2 heterocycles. The van der Waals surface area contributed by atoms with Crippen molar-refractivity contribution >= 4 is 35.0 Å². The zero-order chi connectivity index (χ0) is 22.3. The van der Waals surface area contributed by atoms with E-state index in [9.17, 15) is 24.2 Å². The second-order valence-electron chi connectivity index (χ2n) is 7.49. The van der Waals surface area contributed by atoms with Gasteiger partial charge in [0, 0.05) is 34.6 Å². The van der Waals surface area contributed by atoms with Crippen LogP contribution < -0.4 is 5.11 Å². The normalized spacial score (nSPS) is 18.5. The van der Waals surface area contributed by atoms with Crippen molar-refractivity contribution in [2.75, 3.05) is 6.54 Å². The third kappa shape index (κ3) is 3.77. The molecular formula is C23H18ClFN2O4. The molecule has 0 aliphatic carbocycles. The van der Waals surface area contributed by atoms with Crippen LogP contribution in [0.4, 0.5) is 4.39 Å². The average molecular weight is 441 g/mol. The lowest BCUT2D eigenvalue weighted by atomic mass is 9.85. The molecule has 6 nitrogen and oxygen atoms in total. The highest BCUT2D eigenvalue weighted by molar-refractivity contribution is 6.31. The number of carboxylic acid groups (broad SMARTS) is 2. The van der Waals surface area contributed by atoms with Crippen LogP contribution in [0.2, 0.25) is 5.02 Å². The third-order valence-electron chi connectivity index (χ3n) is 5.61. The number of rotatable bonds is 5. The predicted octanol–water partition coefficient (Wildman–Crippen LogP) is 2.38. The Labute approximate surface area is 182 Å². The number of hydrogen-bond acceptors (Lipinski definition) is 4. The van der Waals surface area contributed by atoms with Crippen LogP contribution >= 0.6 is 11.6 Å². The van der Waals surface area contributed by atoms with Crippen LogP contribution in [-0.4, -0.2) is 45.6 Å². The van der Waals surface area contributed by atoms with Gasteiger partial charge < -0.3 is 15.0 Å². The lowest BCUT2D eigenvalue weighted by Crippen LogP contribution is -2.39. The number of hydrogen-bond donors (Lipinski definition) is 1. The minimum Gasteiger partial charge on any atom is -0.550 e. The van der Waals surface area contributed by atoms with E-state index in [4.69, 9.17) is 11.6 Å². The molecule has 2 unspecified atom stereocenters. The molecule has 0 saturated carbocycles. The molecule has 0 saturated heterocycles. The maximum absolute atomic E-state index is 14.6. The van der Waals surface area contributed by atoms with E-state index >= 15 is 0 Å². The molecule has 0 amide bonds. The Kier molecular flexibility index (Phi) is 5.45. The fourth-order valence-electron chi connectivity index (χ4n) is 4.25. The minimum atomic E-state index is -1.45. The van der Waals surface area contributed by atoms with Crippen molar-refractivity contribution < 1.29 is 28.8 Å². The van der Waals surface area contributed by atoms with Crippen molar-refractivity contribution in [1.29, 1.82) is 0 Å². The summed E-state index contributed by atoms with van der Waals surface area (Å²) in [5, 5.41) is 21.2. The largest absolute Gasteiger partial charge is 0.550 e. The highest BCUT2D eigenvalue weighted by Crippen LogP contribution is 2.38. The number of nitrogens with zero attached hydrogens (tertiary/aromatic N) is 2. The molecule has 0 aromatic heterocycles. The van der Waals surface area contributed by atoms with Gasteiger partial charge in [-0.2, -0.15) is 4.58 Å². The number of carbonyl (C=O) groups is 2. The molecule has 2 aromatic carbocycles. The molecule has 2 aromatic rings. The third-order valence-corrected chi connectivity index (χ3v) is 5.85. The zero-order valence-electron chi connectivity index (χ0n) is 16.5. The lowest BCUT2D eigenvalue weighted by Gasteiger charge is -2.16. The first-order chi connectivity index (χ1) is 14.8. The summed E-state index contributed by atoms with van der Waals surface area (Å²) in [7, 11) is 0. The van der Waals surface area contributed by atoms with Gasteiger partial charge in [-0.15, -0.1) is 0 Å². The summed E-state index contributed by atoms with van der Waals surface area (Å²) in [6, 6.07) is 10.3. The van der Waals surface area contributed by atoms with Gasteiger partial charge in [0.25, 0.3) is 6.04 Å².